The molecule has 7 heteroatoms. The summed E-state index contributed by atoms with van der Waals surface area (Å²) < 4.78 is 11.8. The molecule has 1 aliphatic heterocycles. The van der Waals surface area contributed by atoms with Crippen LogP contribution in [-0.4, -0.2) is 28.2 Å². The van der Waals surface area contributed by atoms with Crippen molar-refractivity contribution in [2.24, 2.45) is 5.92 Å². The Hall–Kier alpha value is -4.39. The molecule has 1 unspecified atom stereocenters. The molecule has 1 fully saturated rings. The minimum Gasteiger partial charge on any atom is -0.486 e. The number of carbonyl (C=O) groups is 2. The second kappa shape index (κ2) is 10.5. The summed E-state index contributed by atoms with van der Waals surface area (Å²) in [5.41, 5.74) is 4.40. The van der Waals surface area contributed by atoms with Crippen LogP contribution in [0, 0.1) is 5.92 Å². The molecule has 2 aromatic heterocycles. The SMILES string of the molecule is O=C(NCc1ccncc1)c1ccc(COc2ccc3c(c2)C(c2ccccc2)N(C(=O)C2CC2)CC3)o1. The highest BCUT2D eigenvalue weighted by atomic mass is 16.5. The average molecular weight is 508 g/mol. The lowest BCUT2D eigenvalue weighted by molar-refractivity contribution is -0.134. The normalized spacial score (nSPS) is 16.5. The van der Waals surface area contributed by atoms with Crippen molar-refractivity contribution in [2.75, 3.05) is 6.54 Å². The molecule has 0 radical (unpaired) electrons. The van der Waals surface area contributed by atoms with Gasteiger partial charge in [-0.2, -0.15) is 0 Å². The molecule has 3 heterocycles. The Balaban J connectivity index is 1.16. The molecule has 4 aromatic rings. The van der Waals surface area contributed by atoms with E-state index in [-0.39, 0.29) is 36.1 Å². The van der Waals surface area contributed by atoms with Gasteiger partial charge in [-0.3, -0.25) is 14.6 Å². The van der Waals surface area contributed by atoms with Crippen molar-refractivity contribution < 1.29 is 18.7 Å². The minimum atomic E-state index is -0.284. The van der Waals surface area contributed by atoms with E-state index < -0.39 is 0 Å². The third kappa shape index (κ3) is 5.18. The van der Waals surface area contributed by atoms with Gasteiger partial charge in [-0.05, 0) is 77.9 Å². The molecular weight excluding hydrogens is 478 g/mol. The van der Waals surface area contributed by atoms with Gasteiger partial charge in [0.2, 0.25) is 5.91 Å². The number of benzene rings is 2. The Bertz CT molecular complexity index is 1430. The zero-order valence-electron chi connectivity index (χ0n) is 21.0. The molecule has 0 bridgehead atoms. The lowest BCUT2D eigenvalue weighted by Gasteiger charge is -2.38. The van der Waals surface area contributed by atoms with Crippen LogP contribution in [0.2, 0.25) is 0 Å². The van der Waals surface area contributed by atoms with Crippen molar-refractivity contribution in [1.82, 2.24) is 15.2 Å². The van der Waals surface area contributed by atoms with Gasteiger partial charge in [-0.25, -0.2) is 0 Å². The molecule has 0 spiro atoms. The van der Waals surface area contributed by atoms with Gasteiger partial charge < -0.3 is 19.4 Å². The molecule has 38 heavy (non-hydrogen) atoms. The summed E-state index contributed by atoms with van der Waals surface area (Å²) in [4.78, 5) is 31.7. The van der Waals surface area contributed by atoms with Crippen LogP contribution in [0.15, 0.2) is 89.6 Å². The van der Waals surface area contributed by atoms with Gasteiger partial charge in [-0.1, -0.05) is 36.4 Å². The van der Waals surface area contributed by atoms with Crippen molar-refractivity contribution in [3.63, 3.8) is 0 Å². The first-order chi connectivity index (χ1) is 18.7. The van der Waals surface area contributed by atoms with E-state index in [1.54, 1.807) is 24.5 Å². The van der Waals surface area contributed by atoms with Gasteiger partial charge in [0.1, 0.15) is 18.1 Å². The first-order valence-electron chi connectivity index (χ1n) is 13.0. The van der Waals surface area contributed by atoms with Crippen LogP contribution in [-0.2, 0) is 24.4 Å². The Morgan fingerprint density at radius 3 is 2.61 bits per heavy atom. The first kappa shape index (κ1) is 24.0. The summed E-state index contributed by atoms with van der Waals surface area (Å²) in [6, 6.07) is 23.3. The van der Waals surface area contributed by atoms with E-state index in [0.29, 0.717) is 18.1 Å². The Kier molecular flexibility index (Phi) is 6.65. The van der Waals surface area contributed by atoms with E-state index in [2.05, 4.69) is 28.5 Å². The van der Waals surface area contributed by atoms with E-state index in [1.807, 2.05) is 47.4 Å². The predicted octanol–water partition coefficient (Wildman–Crippen LogP) is 5.07. The van der Waals surface area contributed by atoms with Crippen LogP contribution in [0.4, 0.5) is 0 Å². The second-order valence-corrected chi connectivity index (χ2v) is 9.82. The molecule has 1 N–H and O–H groups in total. The fourth-order valence-corrected chi connectivity index (χ4v) is 4.98. The number of pyridine rings is 1. The predicted molar refractivity (Wildman–Crippen MR) is 141 cm³/mol. The van der Waals surface area contributed by atoms with E-state index in [9.17, 15) is 9.59 Å². The van der Waals surface area contributed by atoms with E-state index in [4.69, 9.17) is 9.15 Å². The lowest BCUT2D eigenvalue weighted by atomic mass is 9.87. The largest absolute Gasteiger partial charge is 0.486 e. The zero-order chi connectivity index (χ0) is 25.9. The van der Waals surface area contributed by atoms with Gasteiger partial charge in [0.15, 0.2) is 5.76 Å². The number of aromatic nitrogens is 1. The van der Waals surface area contributed by atoms with Gasteiger partial charge in [0, 0.05) is 31.4 Å². The number of rotatable bonds is 8. The number of amides is 2. The molecule has 6 rings (SSSR count). The molecule has 7 nitrogen and oxygen atoms in total. The summed E-state index contributed by atoms with van der Waals surface area (Å²) in [6.45, 7) is 1.31. The molecule has 2 aromatic carbocycles. The van der Waals surface area contributed by atoms with Crippen molar-refractivity contribution in [3.8, 4) is 5.75 Å². The average Bonchev–Trinajstić information content (AvgIpc) is 3.71. The fourth-order valence-electron chi connectivity index (χ4n) is 4.98. The summed E-state index contributed by atoms with van der Waals surface area (Å²) in [5, 5.41) is 2.85. The molecule has 192 valence electrons. The number of nitrogens with zero attached hydrogens (tertiary/aromatic N) is 2. The van der Waals surface area contributed by atoms with Crippen LogP contribution < -0.4 is 10.1 Å². The minimum absolute atomic E-state index is 0.129. The topological polar surface area (TPSA) is 84.7 Å². The smallest absolute Gasteiger partial charge is 0.287 e. The summed E-state index contributed by atoms with van der Waals surface area (Å²) >= 11 is 0. The van der Waals surface area contributed by atoms with Gasteiger partial charge in [0.05, 0.1) is 6.04 Å². The van der Waals surface area contributed by atoms with Crippen LogP contribution >= 0.6 is 0 Å². The van der Waals surface area contributed by atoms with Crippen LogP contribution in [0.3, 0.4) is 0 Å². The number of furan rings is 1. The third-order valence-corrected chi connectivity index (χ3v) is 7.14. The molecular formula is C31H29N3O4. The maximum atomic E-state index is 13.2. The highest BCUT2D eigenvalue weighted by molar-refractivity contribution is 5.91. The van der Waals surface area contributed by atoms with Crippen molar-refractivity contribution in [1.29, 1.82) is 0 Å². The highest BCUT2D eigenvalue weighted by Gasteiger charge is 2.39. The Labute approximate surface area is 221 Å². The van der Waals surface area contributed by atoms with Crippen LogP contribution in [0.25, 0.3) is 0 Å². The van der Waals surface area contributed by atoms with E-state index in [0.717, 1.165) is 42.5 Å². The maximum Gasteiger partial charge on any atom is 0.287 e. The lowest BCUT2D eigenvalue weighted by Crippen LogP contribution is -2.41. The monoisotopic (exact) mass is 507 g/mol. The van der Waals surface area contributed by atoms with Gasteiger partial charge in [0.25, 0.3) is 5.91 Å². The maximum absolute atomic E-state index is 13.2. The molecule has 2 aliphatic rings. The van der Waals surface area contributed by atoms with Crippen molar-refractivity contribution >= 4 is 11.8 Å². The number of nitrogens with one attached hydrogen (secondary N) is 1. The second-order valence-electron chi connectivity index (χ2n) is 9.82. The summed E-state index contributed by atoms with van der Waals surface area (Å²) in [7, 11) is 0. The van der Waals surface area contributed by atoms with Crippen LogP contribution in [0.5, 0.6) is 5.75 Å². The zero-order valence-corrected chi connectivity index (χ0v) is 21.0. The molecule has 1 saturated carbocycles. The third-order valence-electron chi connectivity index (χ3n) is 7.14. The highest BCUT2D eigenvalue weighted by Crippen LogP contribution is 2.41. The molecule has 1 aliphatic carbocycles. The molecule has 1 atom stereocenters. The molecule has 2 amide bonds. The number of ether oxygens (including phenoxy) is 1. The standard InChI is InChI=1S/C31H29N3O4/c35-30(33-19-21-12-15-32-16-13-21)28-11-10-26(38-28)20-37-25-9-8-22-14-17-34(31(36)24-6-7-24)29(27(22)18-25)23-4-2-1-3-5-23/h1-5,8-13,15-16,18,24,29H,6-7,14,17,19-20H2,(H,33,35). The quantitative estimate of drug-likeness (QED) is 0.360. The number of carbonyl (C=O) groups excluding carboxylic acids is 2. The van der Waals surface area contributed by atoms with Crippen LogP contribution in [0.1, 0.15) is 57.5 Å². The first-order valence-corrected chi connectivity index (χ1v) is 13.0. The number of hydrogen-bond donors (Lipinski definition) is 1. The van der Waals surface area contributed by atoms with E-state index >= 15 is 0 Å². The Morgan fingerprint density at radius 1 is 1.00 bits per heavy atom. The Morgan fingerprint density at radius 2 is 1.82 bits per heavy atom. The van der Waals surface area contributed by atoms with Gasteiger partial charge >= 0.3 is 0 Å². The van der Waals surface area contributed by atoms with Crippen molar-refractivity contribution in [3.05, 3.63) is 119 Å². The summed E-state index contributed by atoms with van der Waals surface area (Å²) in [5.74, 6) is 1.63. The summed E-state index contributed by atoms with van der Waals surface area (Å²) in [6.07, 6.45) is 6.18. The fraction of sp³-hybridized carbons (Fsp3) is 0.258. The molecule has 0 saturated heterocycles. The van der Waals surface area contributed by atoms with Crippen molar-refractivity contribution in [2.45, 2.75) is 38.5 Å². The van der Waals surface area contributed by atoms with Gasteiger partial charge in [-0.15, -0.1) is 0 Å². The number of hydrogen-bond acceptors (Lipinski definition) is 5. The number of fused-ring (bicyclic) bond motifs is 1. The van der Waals surface area contributed by atoms with E-state index in [1.165, 1.54) is 5.56 Å².